The van der Waals surface area contributed by atoms with Crippen molar-refractivity contribution in [2.45, 2.75) is 62.8 Å². The Morgan fingerprint density at radius 2 is 1.76 bits per heavy atom. The summed E-state index contributed by atoms with van der Waals surface area (Å²) >= 11 is 0. The van der Waals surface area contributed by atoms with E-state index < -0.39 is 17.3 Å². The highest BCUT2D eigenvalue weighted by atomic mass is 19.4. The number of rotatable bonds is 3. The first kappa shape index (κ1) is 16.9. The lowest BCUT2D eigenvalue weighted by atomic mass is 9.85. The summed E-state index contributed by atoms with van der Waals surface area (Å²) in [5.41, 5.74) is -0.897. The van der Waals surface area contributed by atoms with Gasteiger partial charge in [0, 0.05) is 19.1 Å². The summed E-state index contributed by atoms with van der Waals surface area (Å²) in [5, 5.41) is 0. The lowest BCUT2D eigenvalue weighted by Crippen LogP contribution is -2.60. The molecule has 1 aliphatic carbocycles. The minimum atomic E-state index is -4.36. The zero-order chi connectivity index (χ0) is 17.7. The van der Waals surface area contributed by atoms with Gasteiger partial charge in [0.05, 0.1) is 5.56 Å². The Labute approximate surface area is 145 Å². The summed E-state index contributed by atoms with van der Waals surface area (Å²) in [4.78, 5) is 17.2. The fraction of sp³-hybridized carbons (Fsp3) is 0.632. The second-order valence-corrected chi connectivity index (χ2v) is 7.54. The average Bonchev–Trinajstić information content (AvgIpc) is 3.33. The van der Waals surface area contributed by atoms with Crippen LogP contribution in [0.1, 0.15) is 49.7 Å². The molecule has 2 heterocycles. The predicted molar refractivity (Wildman–Crippen MR) is 87.8 cm³/mol. The van der Waals surface area contributed by atoms with Crippen molar-refractivity contribution >= 4 is 5.91 Å². The standard InChI is InChI=1S/C19H23F3N2O/c20-19(21,22)16-6-2-1-5-14(16)13-23-11-3-9-18(23)10-4-12-24(17(18)25)15-7-8-15/h1-2,5-6,15H,3-4,7-13H2. The van der Waals surface area contributed by atoms with Crippen molar-refractivity contribution in [1.82, 2.24) is 9.80 Å². The Hall–Kier alpha value is -1.56. The van der Waals surface area contributed by atoms with Gasteiger partial charge in [-0.05, 0) is 56.7 Å². The van der Waals surface area contributed by atoms with Crippen LogP contribution in [0.3, 0.4) is 0 Å². The van der Waals surface area contributed by atoms with Crippen molar-refractivity contribution in [2.24, 2.45) is 0 Å². The minimum absolute atomic E-state index is 0.156. The van der Waals surface area contributed by atoms with Crippen LogP contribution in [-0.2, 0) is 17.5 Å². The smallest absolute Gasteiger partial charge is 0.338 e. The molecule has 25 heavy (non-hydrogen) atoms. The quantitative estimate of drug-likeness (QED) is 0.826. The Bertz CT molecular complexity index is 671. The lowest BCUT2D eigenvalue weighted by Gasteiger charge is -2.45. The van der Waals surface area contributed by atoms with Crippen LogP contribution in [-0.4, -0.2) is 40.4 Å². The van der Waals surface area contributed by atoms with Crippen molar-refractivity contribution in [1.29, 1.82) is 0 Å². The summed E-state index contributed by atoms with van der Waals surface area (Å²) < 4.78 is 39.9. The summed E-state index contributed by atoms with van der Waals surface area (Å²) in [5.74, 6) is 0.156. The molecule has 4 rings (SSSR count). The zero-order valence-electron chi connectivity index (χ0n) is 14.2. The topological polar surface area (TPSA) is 23.6 Å². The largest absolute Gasteiger partial charge is 0.416 e. The number of nitrogens with zero attached hydrogens (tertiary/aromatic N) is 2. The third kappa shape index (κ3) is 2.94. The molecular weight excluding hydrogens is 329 g/mol. The molecule has 1 unspecified atom stereocenters. The summed E-state index contributed by atoms with van der Waals surface area (Å²) in [7, 11) is 0. The van der Waals surface area contributed by atoms with E-state index in [4.69, 9.17) is 0 Å². The van der Waals surface area contributed by atoms with E-state index >= 15 is 0 Å². The van der Waals surface area contributed by atoms with Gasteiger partial charge in [0.15, 0.2) is 0 Å². The van der Waals surface area contributed by atoms with Gasteiger partial charge in [0.1, 0.15) is 5.54 Å². The van der Waals surface area contributed by atoms with Crippen molar-refractivity contribution in [3.05, 3.63) is 35.4 Å². The third-order valence-electron chi connectivity index (χ3n) is 5.94. The number of hydrogen-bond donors (Lipinski definition) is 0. The minimum Gasteiger partial charge on any atom is -0.338 e. The van der Waals surface area contributed by atoms with Crippen LogP contribution in [0.15, 0.2) is 24.3 Å². The maximum Gasteiger partial charge on any atom is 0.416 e. The van der Waals surface area contributed by atoms with Crippen LogP contribution < -0.4 is 0 Å². The van der Waals surface area contributed by atoms with Crippen molar-refractivity contribution in [2.75, 3.05) is 13.1 Å². The molecule has 1 spiro atoms. The van der Waals surface area contributed by atoms with Crippen LogP contribution in [0.2, 0.25) is 0 Å². The molecule has 1 atom stereocenters. The van der Waals surface area contributed by atoms with Gasteiger partial charge in [0.25, 0.3) is 0 Å². The van der Waals surface area contributed by atoms with Crippen molar-refractivity contribution in [3.63, 3.8) is 0 Å². The van der Waals surface area contributed by atoms with Gasteiger partial charge in [0.2, 0.25) is 5.91 Å². The van der Waals surface area contributed by atoms with E-state index in [0.717, 1.165) is 51.1 Å². The Morgan fingerprint density at radius 3 is 2.44 bits per heavy atom. The number of alkyl halides is 3. The van der Waals surface area contributed by atoms with Crippen molar-refractivity contribution in [3.8, 4) is 0 Å². The Morgan fingerprint density at radius 1 is 1.08 bits per heavy atom. The van der Waals surface area contributed by atoms with E-state index in [9.17, 15) is 18.0 Å². The van der Waals surface area contributed by atoms with Crippen LogP contribution >= 0.6 is 0 Å². The van der Waals surface area contributed by atoms with E-state index in [0.29, 0.717) is 12.6 Å². The molecule has 2 saturated heterocycles. The first-order valence-electron chi connectivity index (χ1n) is 9.13. The number of amides is 1. The van der Waals surface area contributed by atoms with Crippen LogP contribution in [0.25, 0.3) is 0 Å². The number of likely N-dealkylation sites (tertiary alicyclic amines) is 2. The summed E-state index contributed by atoms with van der Waals surface area (Å²) in [6, 6.07) is 6.12. The molecule has 2 aliphatic heterocycles. The SMILES string of the molecule is O=C1N(C2CC2)CCCC12CCCN2Cc1ccccc1C(F)(F)F. The molecule has 1 amide bonds. The first-order valence-corrected chi connectivity index (χ1v) is 9.13. The molecule has 3 fully saturated rings. The van der Waals surface area contributed by atoms with Gasteiger partial charge >= 0.3 is 6.18 Å². The van der Waals surface area contributed by atoms with Gasteiger partial charge in [-0.3, -0.25) is 9.69 Å². The molecule has 3 aliphatic rings. The molecule has 0 N–H and O–H groups in total. The predicted octanol–water partition coefficient (Wildman–Crippen LogP) is 3.82. The highest BCUT2D eigenvalue weighted by Gasteiger charge is 2.53. The molecule has 1 saturated carbocycles. The maximum absolute atomic E-state index is 13.3. The number of piperidine rings is 1. The van der Waals surface area contributed by atoms with E-state index in [1.54, 1.807) is 12.1 Å². The lowest BCUT2D eigenvalue weighted by molar-refractivity contribution is -0.148. The number of carbonyl (C=O) groups is 1. The molecule has 0 bridgehead atoms. The van der Waals surface area contributed by atoms with Gasteiger partial charge < -0.3 is 4.90 Å². The molecule has 1 aromatic rings. The van der Waals surface area contributed by atoms with Gasteiger partial charge in [-0.15, -0.1) is 0 Å². The van der Waals surface area contributed by atoms with Gasteiger partial charge in [-0.25, -0.2) is 0 Å². The average molecular weight is 352 g/mol. The van der Waals surface area contributed by atoms with Crippen molar-refractivity contribution < 1.29 is 18.0 Å². The molecule has 1 aromatic carbocycles. The van der Waals surface area contributed by atoms with E-state index in [1.165, 1.54) is 6.07 Å². The van der Waals surface area contributed by atoms with E-state index in [-0.39, 0.29) is 18.0 Å². The number of halogens is 3. The first-order chi connectivity index (χ1) is 11.9. The van der Waals surface area contributed by atoms with E-state index in [2.05, 4.69) is 0 Å². The summed E-state index contributed by atoms with van der Waals surface area (Å²) in [6.45, 7) is 1.69. The zero-order valence-corrected chi connectivity index (χ0v) is 14.2. The van der Waals surface area contributed by atoms with Gasteiger partial charge in [-0.2, -0.15) is 13.2 Å². The van der Waals surface area contributed by atoms with Gasteiger partial charge in [-0.1, -0.05) is 18.2 Å². The fourth-order valence-electron chi connectivity index (χ4n) is 4.58. The summed E-state index contributed by atoms with van der Waals surface area (Å²) in [6.07, 6.45) is 1.13. The molecular formula is C19H23F3N2O. The fourth-order valence-corrected chi connectivity index (χ4v) is 4.58. The molecule has 6 heteroatoms. The third-order valence-corrected chi connectivity index (χ3v) is 5.94. The molecule has 0 aromatic heterocycles. The number of benzene rings is 1. The monoisotopic (exact) mass is 352 g/mol. The highest BCUT2D eigenvalue weighted by Crippen LogP contribution is 2.43. The number of hydrogen-bond acceptors (Lipinski definition) is 2. The maximum atomic E-state index is 13.3. The Balaban J connectivity index is 1.61. The van der Waals surface area contributed by atoms with Crippen LogP contribution in [0.5, 0.6) is 0 Å². The van der Waals surface area contributed by atoms with E-state index in [1.807, 2.05) is 9.80 Å². The molecule has 0 radical (unpaired) electrons. The Kier molecular flexibility index (Phi) is 4.06. The second-order valence-electron chi connectivity index (χ2n) is 7.54. The highest BCUT2D eigenvalue weighted by molar-refractivity contribution is 5.88. The van der Waals surface area contributed by atoms with Crippen LogP contribution in [0, 0.1) is 0 Å². The number of carbonyl (C=O) groups excluding carboxylic acids is 1. The second kappa shape index (κ2) is 6.01. The normalized spacial score (nSPS) is 28.1. The molecule has 136 valence electrons. The van der Waals surface area contributed by atoms with Crippen LogP contribution in [0.4, 0.5) is 13.2 Å². The molecule has 3 nitrogen and oxygen atoms in total.